The molecule has 27 heavy (non-hydrogen) atoms. The maximum atomic E-state index is 13.4. The van der Waals surface area contributed by atoms with Gasteiger partial charge in [0.25, 0.3) is 5.89 Å². The van der Waals surface area contributed by atoms with Crippen LogP contribution in [0.2, 0.25) is 0 Å². The molecule has 0 aliphatic carbocycles. The van der Waals surface area contributed by atoms with Crippen molar-refractivity contribution in [1.29, 1.82) is 0 Å². The molecule has 1 aromatic carbocycles. The molecule has 142 valence electrons. The van der Waals surface area contributed by atoms with Crippen LogP contribution in [0.5, 0.6) is 0 Å². The fourth-order valence-corrected chi connectivity index (χ4v) is 5.71. The topological polar surface area (TPSA) is 85.5 Å². The molecule has 2 aromatic heterocycles. The fourth-order valence-electron chi connectivity index (χ4n) is 2.82. The summed E-state index contributed by atoms with van der Waals surface area (Å²) < 4.78 is 51.1. The average Bonchev–Trinajstić information content (AvgIpc) is 3.29. The molecular weight excluding hydrogens is 393 g/mol. The minimum atomic E-state index is -3.61. The number of hydrogen-bond acceptors (Lipinski definition) is 7. The summed E-state index contributed by atoms with van der Waals surface area (Å²) in [6, 6.07) is 7.42. The number of nitrogens with zero attached hydrogens (tertiary/aromatic N) is 3. The molecule has 0 unspecified atom stereocenters. The highest BCUT2D eigenvalue weighted by Crippen LogP contribution is 2.35. The Bertz CT molecular complexity index is 1070. The van der Waals surface area contributed by atoms with Crippen molar-refractivity contribution in [1.82, 2.24) is 14.4 Å². The molecule has 0 radical (unpaired) electrons. The van der Waals surface area contributed by atoms with Crippen molar-refractivity contribution in [2.45, 2.75) is 11.8 Å². The van der Waals surface area contributed by atoms with Crippen LogP contribution in [0.4, 0.5) is 4.39 Å². The molecule has 0 spiro atoms. The molecule has 10 heteroatoms. The van der Waals surface area contributed by atoms with Gasteiger partial charge in [-0.15, -0.1) is 11.3 Å². The summed E-state index contributed by atoms with van der Waals surface area (Å²) in [5.74, 6) is 0.0450. The van der Waals surface area contributed by atoms with Gasteiger partial charge in [0.2, 0.25) is 15.8 Å². The largest absolute Gasteiger partial charge is 0.379 e. The first-order valence-electron chi connectivity index (χ1n) is 8.23. The van der Waals surface area contributed by atoms with E-state index in [1.165, 1.54) is 27.8 Å². The minimum absolute atomic E-state index is 0.200. The monoisotopic (exact) mass is 409 g/mol. The second-order valence-electron chi connectivity index (χ2n) is 5.98. The van der Waals surface area contributed by atoms with Gasteiger partial charge in [-0.05, 0) is 25.1 Å². The predicted octanol–water partition coefficient (Wildman–Crippen LogP) is 2.93. The van der Waals surface area contributed by atoms with Gasteiger partial charge in [0.05, 0.1) is 23.0 Å². The van der Waals surface area contributed by atoms with Crippen molar-refractivity contribution in [2.24, 2.45) is 0 Å². The Kier molecular flexibility index (Phi) is 4.81. The lowest BCUT2D eigenvalue weighted by Gasteiger charge is -2.25. The van der Waals surface area contributed by atoms with Gasteiger partial charge in [0, 0.05) is 23.5 Å². The fraction of sp³-hybridized carbons (Fsp3) is 0.294. The summed E-state index contributed by atoms with van der Waals surface area (Å²) in [5.41, 5.74) is 0.486. The molecule has 1 fully saturated rings. The van der Waals surface area contributed by atoms with Gasteiger partial charge in [-0.25, -0.2) is 12.8 Å². The zero-order valence-corrected chi connectivity index (χ0v) is 16.0. The molecule has 0 N–H and O–H groups in total. The Morgan fingerprint density at radius 3 is 2.74 bits per heavy atom. The molecule has 0 amide bonds. The Balaban J connectivity index is 1.66. The third-order valence-electron chi connectivity index (χ3n) is 4.18. The van der Waals surface area contributed by atoms with E-state index in [0.717, 1.165) is 0 Å². The van der Waals surface area contributed by atoms with Crippen LogP contribution in [0.25, 0.3) is 22.2 Å². The van der Waals surface area contributed by atoms with E-state index in [0.29, 0.717) is 41.6 Å². The molecule has 3 aromatic rings. The summed E-state index contributed by atoms with van der Waals surface area (Å²) in [4.78, 5) is 5.70. The third kappa shape index (κ3) is 3.53. The number of sulfonamides is 1. The Morgan fingerprint density at radius 1 is 1.22 bits per heavy atom. The van der Waals surface area contributed by atoms with Crippen LogP contribution in [0, 0.1) is 12.7 Å². The molecular formula is C17H16FN3O4S2. The second-order valence-corrected chi connectivity index (χ2v) is 9.14. The number of halogens is 1. The number of rotatable bonds is 4. The summed E-state index contributed by atoms with van der Waals surface area (Å²) in [5, 5.41) is 3.87. The van der Waals surface area contributed by atoms with Crippen molar-refractivity contribution in [2.75, 3.05) is 26.3 Å². The molecule has 7 nitrogen and oxygen atoms in total. The summed E-state index contributed by atoms with van der Waals surface area (Å²) >= 11 is 1.26. The van der Waals surface area contributed by atoms with E-state index >= 15 is 0 Å². The first-order chi connectivity index (χ1) is 12.9. The number of ether oxygens (including phenoxy) is 1. The van der Waals surface area contributed by atoms with Gasteiger partial charge in [-0.1, -0.05) is 17.3 Å². The van der Waals surface area contributed by atoms with Gasteiger partial charge in [-0.3, -0.25) is 0 Å². The quantitative estimate of drug-likeness (QED) is 0.659. The lowest BCUT2D eigenvalue weighted by molar-refractivity contribution is 0.0730. The zero-order valence-electron chi connectivity index (χ0n) is 14.4. The normalized spacial score (nSPS) is 15.9. The van der Waals surface area contributed by atoms with Crippen LogP contribution in [-0.2, 0) is 14.8 Å². The highest BCUT2D eigenvalue weighted by atomic mass is 32.2. The smallest absolute Gasteiger partial charge is 0.268 e. The first kappa shape index (κ1) is 18.2. The standard InChI is InChI=1S/C17H16FN3O4S2/c1-11-15(27(22,23)21-5-7-24-8-6-21)10-14(26-11)17-19-16(20-25-17)12-3-2-4-13(18)9-12/h2-4,9-10H,5-8H2,1H3. The van der Waals surface area contributed by atoms with Gasteiger partial charge < -0.3 is 9.26 Å². The van der Waals surface area contributed by atoms with Crippen molar-refractivity contribution >= 4 is 21.4 Å². The summed E-state index contributed by atoms with van der Waals surface area (Å²) in [7, 11) is -3.61. The van der Waals surface area contributed by atoms with Gasteiger partial charge >= 0.3 is 0 Å². The predicted molar refractivity (Wildman–Crippen MR) is 97.3 cm³/mol. The van der Waals surface area contributed by atoms with Crippen LogP contribution in [0.1, 0.15) is 4.88 Å². The molecule has 3 heterocycles. The highest BCUT2D eigenvalue weighted by molar-refractivity contribution is 7.89. The van der Waals surface area contributed by atoms with Crippen LogP contribution in [0.15, 0.2) is 39.8 Å². The number of aromatic nitrogens is 2. The third-order valence-corrected chi connectivity index (χ3v) is 7.37. The molecule has 1 aliphatic heterocycles. The van der Waals surface area contributed by atoms with Crippen LogP contribution >= 0.6 is 11.3 Å². The van der Waals surface area contributed by atoms with Gasteiger partial charge in [0.1, 0.15) is 5.82 Å². The Morgan fingerprint density at radius 2 is 2.00 bits per heavy atom. The molecule has 1 aliphatic rings. The van der Waals surface area contributed by atoms with E-state index < -0.39 is 15.8 Å². The molecule has 0 bridgehead atoms. The van der Waals surface area contributed by atoms with Crippen molar-refractivity contribution in [3.63, 3.8) is 0 Å². The van der Waals surface area contributed by atoms with Crippen LogP contribution in [-0.4, -0.2) is 49.2 Å². The van der Waals surface area contributed by atoms with Crippen LogP contribution in [0.3, 0.4) is 0 Å². The maximum Gasteiger partial charge on any atom is 0.268 e. The SMILES string of the molecule is Cc1sc(-c2nc(-c3cccc(F)c3)no2)cc1S(=O)(=O)N1CCOCC1. The van der Waals surface area contributed by atoms with Crippen molar-refractivity contribution < 1.29 is 22.1 Å². The summed E-state index contributed by atoms with van der Waals surface area (Å²) in [6.07, 6.45) is 0. The Hall–Kier alpha value is -2.14. The lowest BCUT2D eigenvalue weighted by atomic mass is 10.2. The number of benzene rings is 1. The summed E-state index contributed by atoms with van der Waals surface area (Å²) in [6.45, 7) is 3.17. The zero-order chi connectivity index (χ0) is 19.0. The number of aryl methyl sites for hydroxylation is 1. The highest BCUT2D eigenvalue weighted by Gasteiger charge is 2.30. The first-order valence-corrected chi connectivity index (χ1v) is 10.5. The minimum Gasteiger partial charge on any atom is -0.379 e. The van der Waals surface area contributed by atoms with E-state index in [-0.39, 0.29) is 16.6 Å². The average molecular weight is 409 g/mol. The van der Waals surface area contributed by atoms with E-state index in [9.17, 15) is 12.8 Å². The molecule has 0 atom stereocenters. The lowest BCUT2D eigenvalue weighted by Crippen LogP contribution is -2.40. The van der Waals surface area contributed by atoms with Crippen LogP contribution < -0.4 is 0 Å². The number of morpholine rings is 1. The van der Waals surface area contributed by atoms with Gasteiger partial charge in [-0.2, -0.15) is 9.29 Å². The molecule has 1 saturated heterocycles. The number of hydrogen-bond donors (Lipinski definition) is 0. The molecule has 4 rings (SSSR count). The van der Waals surface area contributed by atoms with E-state index in [1.807, 2.05) is 0 Å². The maximum absolute atomic E-state index is 13.4. The van der Waals surface area contributed by atoms with Gasteiger partial charge in [0.15, 0.2) is 0 Å². The molecule has 0 saturated carbocycles. The van der Waals surface area contributed by atoms with E-state index in [1.54, 1.807) is 25.1 Å². The van der Waals surface area contributed by atoms with E-state index in [4.69, 9.17) is 9.26 Å². The number of thiophene rings is 1. The Labute approximate surface area is 159 Å². The van der Waals surface area contributed by atoms with Crippen molar-refractivity contribution in [3.8, 4) is 22.2 Å². The second kappa shape index (κ2) is 7.12. The van der Waals surface area contributed by atoms with E-state index in [2.05, 4.69) is 10.1 Å². The van der Waals surface area contributed by atoms with Crippen molar-refractivity contribution in [3.05, 3.63) is 41.0 Å².